The molecule has 2 N–H and O–H groups in total. The fourth-order valence-corrected chi connectivity index (χ4v) is 3.69. The van der Waals surface area contributed by atoms with Crippen LogP contribution in [0.2, 0.25) is 0 Å². The Kier molecular flexibility index (Phi) is 7.30. The Balaban J connectivity index is 1.30. The quantitative estimate of drug-likeness (QED) is 0.539. The molecular weight excluding hydrogens is 402 g/mol. The molecule has 0 unspecified atom stereocenters. The first kappa shape index (κ1) is 21.8. The summed E-state index contributed by atoms with van der Waals surface area (Å²) in [5.74, 6) is 1.37. The van der Waals surface area contributed by atoms with E-state index in [4.69, 9.17) is 9.72 Å². The molecule has 0 bridgehead atoms. The van der Waals surface area contributed by atoms with Gasteiger partial charge in [0, 0.05) is 36.2 Å². The number of nitrogens with zero attached hydrogens (tertiary/aromatic N) is 3. The average Bonchev–Trinajstić information content (AvgIpc) is 2.81. The van der Waals surface area contributed by atoms with Crippen LogP contribution in [0.25, 0.3) is 0 Å². The summed E-state index contributed by atoms with van der Waals surface area (Å²) in [7, 11) is 0. The van der Waals surface area contributed by atoms with E-state index in [1.807, 2.05) is 67.6 Å². The van der Waals surface area contributed by atoms with E-state index in [0.29, 0.717) is 18.2 Å². The number of carbonyl (C=O) groups is 1. The number of rotatable bonds is 8. The number of carbonyl (C=O) groups excluding carboxylic acids is 1. The van der Waals surface area contributed by atoms with Crippen molar-refractivity contribution in [2.45, 2.75) is 32.8 Å². The lowest BCUT2D eigenvalue weighted by molar-refractivity contribution is -0.121. The van der Waals surface area contributed by atoms with Crippen molar-refractivity contribution in [3.05, 3.63) is 71.9 Å². The average molecular weight is 432 g/mol. The Bertz CT molecular complexity index is 1020. The van der Waals surface area contributed by atoms with Gasteiger partial charge in [-0.2, -0.15) is 4.98 Å². The van der Waals surface area contributed by atoms with Crippen molar-refractivity contribution < 1.29 is 9.53 Å². The van der Waals surface area contributed by atoms with E-state index in [1.165, 1.54) is 19.3 Å². The van der Waals surface area contributed by atoms with Crippen LogP contribution in [-0.4, -0.2) is 35.6 Å². The Morgan fingerprint density at radius 2 is 1.69 bits per heavy atom. The number of hydrogen-bond acceptors (Lipinski definition) is 6. The standard InChI is InChI=1S/C25H29N5O2/c1-19-16-23(30-14-6-3-7-15-30)29-25(26-19)28-22-12-10-21(11-13-22)27-24(31)18-32-17-20-8-4-2-5-9-20/h2,4-5,8-13,16H,3,6-7,14-15,17-18H2,1H3,(H,27,31)(H,26,28,29). The van der Waals surface area contributed by atoms with Gasteiger partial charge in [-0.05, 0) is 56.0 Å². The smallest absolute Gasteiger partial charge is 0.250 e. The van der Waals surface area contributed by atoms with E-state index >= 15 is 0 Å². The molecule has 0 saturated carbocycles. The zero-order valence-electron chi connectivity index (χ0n) is 18.4. The molecule has 1 aliphatic rings. The van der Waals surface area contributed by atoms with Gasteiger partial charge in [-0.25, -0.2) is 4.98 Å². The molecule has 0 spiro atoms. The molecular formula is C25H29N5O2. The molecule has 7 heteroatoms. The van der Waals surface area contributed by atoms with Crippen molar-refractivity contribution in [3.63, 3.8) is 0 Å². The third-order valence-electron chi connectivity index (χ3n) is 5.29. The molecule has 1 fully saturated rings. The third kappa shape index (κ3) is 6.28. The van der Waals surface area contributed by atoms with Crippen LogP contribution in [0.1, 0.15) is 30.5 Å². The molecule has 2 heterocycles. The summed E-state index contributed by atoms with van der Waals surface area (Å²) in [6, 6.07) is 19.3. The first-order chi connectivity index (χ1) is 15.7. The molecule has 0 radical (unpaired) electrons. The SMILES string of the molecule is Cc1cc(N2CCCCC2)nc(Nc2ccc(NC(=O)COCc3ccccc3)cc2)n1. The van der Waals surface area contributed by atoms with Gasteiger partial charge in [-0.1, -0.05) is 30.3 Å². The first-order valence-electron chi connectivity index (χ1n) is 11.0. The van der Waals surface area contributed by atoms with Crippen LogP contribution < -0.4 is 15.5 Å². The van der Waals surface area contributed by atoms with Gasteiger partial charge in [0.05, 0.1) is 6.61 Å². The summed E-state index contributed by atoms with van der Waals surface area (Å²) in [5, 5.41) is 6.12. The predicted molar refractivity (Wildman–Crippen MR) is 127 cm³/mol. The number of aromatic nitrogens is 2. The fourth-order valence-electron chi connectivity index (χ4n) is 3.69. The molecule has 32 heavy (non-hydrogen) atoms. The van der Waals surface area contributed by atoms with Gasteiger partial charge in [-0.15, -0.1) is 0 Å². The molecule has 3 aromatic rings. The second-order valence-corrected chi connectivity index (χ2v) is 7.97. The number of benzene rings is 2. The fraction of sp³-hybridized carbons (Fsp3) is 0.320. The lowest BCUT2D eigenvalue weighted by Gasteiger charge is -2.28. The highest BCUT2D eigenvalue weighted by atomic mass is 16.5. The number of ether oxygens (including phenoxy) is 1. The normalized spacial score (nSPS) is 13.6. The Labute approximate surface area is 188 Å². The number of anilines is 4. The van der Waals surface area contributed by atoms with Gasteiger partial charge in [0.2, 0.25) is 11.9 Å². The molecule has 0 aliphatic carbocycles. The van der Waals surface area contributed by atoms with Gasteiger partial charge >= 0.3 is 0 Å². The van der Waals surface area contributed by atoms with Crippen LogP contribution in [0, 0.1) is 6.92 Å². The maximum absolute atomic E-state index is 12.1. The van der Waals surface area contributed by atoms with E-state index in [2.05, 4.69) is 20.5 Å². The topological polar surface area (TPSA) is 79.4 Å². The number of nitrogens with one attached hydrogen (secondary N) is 2. The van der Waals surface area contributed by atoms with Gasteiger partial charge in [0.1, 0.15) is 12.4 Å². The molecule has 0 atom stereocenters. The Hall–Kier alpha value is -3.45. The minimum absolute atomic E-state index is 0.00526. The summed E-state index contributed by atoms with van der Waals surface area (Å²) < 4.78 is 5.48. The zero-order chi connectivity index (χ0) is 22.2. The van der Waals surface area contributed by atoms with E-state index in [0.717, 1.165) is 35.9 Å². The highest BCUT2D eigenvalue weighted by Gasteiger charge is 2.14. The number of aryl methyl sites for hydroxylation is 1. The van der Waals surface area contributed by atoms with Crippen molar-refractivity contribution in [3.8, 4) is 0 Å². The van der Waals surface area contributed by atoms with E-state index < -0.39 is 0 Å². The predicted octanol–water partition coefficient (Wildman–Crippen LogP) is 4.67. The van der Waals surface area contributed by atoms with Crippen molar-refractivity contribution in [2.24, 2.45) is 0 Å². The van der Waals surface area contributed by atoms with Gasteiger partial charge in [0.25, 0.3) is 0 Å². The van der Waals surface area contributed by atoms with Crippen LogP contribution in [0.15, 0.2) is 60.7 Å². The van der Waals surface area contributed by atoms with Gasteiger partial charge < -0.3 is 20.3 Å². The molecule has 1 saturated heterocycles. The largest absolute Gasteiger partial charge is 0.367 e. The summed E-state index contributed by atoms with van der Waals surface area (Å²) in [4.78, 5) is 23.7. The monoisotopic (exact) mass is 431 g/mol. The van der Waals surface area contributed by atoms with E-state index in [9.17, 15) is 4.79 Å². The second-order valence-electron chi connectivity index (χ2n) is 7.97. The zero-order valence-corrected chi connectivity index (χ0v) is 18.4. The van der Waals surface area contributed by atoms with Crippen molar-refractivity contribution in [1.29, 1.82) is 0 Å². The molecule has 7 nitrogen and oxygen atoms in total. The maximum Gasteiger partial charge on any atom is 0.250 e. The molecule has 4 rings (SSSR count). The van der Waals surface area contributed by atoms with Crippen LogP contribution in [0.5, 0.6) is 0 Å². The first-order valence-corrected chi connectivity index (χ1v) is 11.0. The van der Waals surface area contributed by atoms with Crippen molar-refractivity contribution >= 4 is 29.0 Å². The minimum atomic E-state index is -0.185. The number of amides is 1. The Morgan fingerprint density at radius 1 is 0.969 bits per heavy atom. The Morgan fingerprint density at radius 3 is 2.44 bits per heavy atom. The summed E-state index contributed by atoms with van der Waals surface area (Å²) in [6.45, 7) is 4.48. The van der Waals surface area contributed by atoms with Crippen LogP contribution >= 0.6 is 0 Å². The third-order valence-corrected chi connectivity index (χ3v) is 5.29. The lowest BCUT2D eigenvalue weighted by atomic mass is 10.1. The summed E-state index contributed by atoms with van der Waals surface area (Å²) in [5.41, 5.74) is 3.54. The van der Waals surface area contributed by atoms with E-state index in [-0.39, 0.29) is 12.5 Å². The van der Waals surface area contributed by atoms with Gasteiger partial charge in [0.15, 0.2) is 0 Å². The highest BCUT2D eigenvalue weighted by molar-refractivity contribution is 5.91. The van der Waals surface area contributed by atoms with Crippen LogP contribution in [0.3, 0.4) is 0 Å². The highest BCUT2D eigenvalue weighted by Crippen LogP contribution is 2.22. The second kappa shape index (κ2) is 10.7. The molecule has 166 valence electrons. The van der Waals surface area contributed by atoms with E-state index in [1.54, 1.807) is 0 Å². The molecule has 1 amide bonds. The number of piperidine rings is 1. The number of hydrogen-bond donors (Lipinski definition) is 2. The summed E-state index contributed by atoms with van der Waals surface area (Å²) in [6.07, 6.45) is 3.69. The summed E-state index contributed by atoms with van der Waals surface area (Å²) >= 11 is 0. The van der Waals surface area contributed by atoms with Crippen molar-refractivity contribution in [1.82, 2.24) is 9.97 Å². The van der Waals surface area contributed by atoms with Crippen LogP contribution in [-0.2, 0) is 16.1 Å². The molecule has 1 aromatic heterocycles. The van der Waals surface area contributed by atoms with Crippen LogP contribution in [0.4, 0.5) is 23.1 Å². The molecule has 2 aromatic carbocycles. The maximum atomic E-state index is 12.1. The van der Waals surface area contributed by atoms with Crippen molar-refractivity contribution in [2.75, 3.05) is 35.2 Å². The van der Waals surface area contributed by atoms with Gasteiger partial charge in [-0.3, -0.25) is 4.79 Å². The minimum Gasteiger partial charge on any atom is -0.367 e. The lowest BCUT2D eigenvalue weighted by Crippen LogP contribution is -2.30. The molecule has 1 aliphatic heterocycles.